The number of likely N-dealkylation sites (tertiary alicyclic amines) is 1. The van der Waals surface area contributed by atoms with Gasteiger partial charge in [-0.05, 0) is 30.9 Å². The maximum Gasteiger partial charge on any atom is 0.262 e. The molecule has 112 valence electrons. The monoisotopic (exact) mass is 326 g/mol. The van der Waals surface area contributed by atoms with Crippen molar-refractivity contribution in [1.29, 1.82) is 0 Å². The number of hydrogen-bond donors (Lipinski definition) is 0. The van der Waals surface area contributed by atoms with Gasteiger partial charge >= 0.3 is 0 Å². The van der Waals surface area contributed by atoms with Crippen molar-refractivity contribution in [2.75, 3.05) is 19.8 Å². The second-order valence-corrected chi connectivity index (χ2v) is 6.61. The van der Waals surface area contributed by atoms with Gasteiger partial charge in [-0.2, -0.15) is 0 Å². The lowest BCUT2D eigenvalue weighted by Gasteiger charge is -2.32. The molecule has 2 aliphatic heterocycles. The molecule has 0 saturated carbocycles. The lowest BCUT2D eigenvalue weighted by atomic mass is 10.00. The van der Waals surface area contributed by atoms with E-state index in [-0.39, 0.29) is 11.8 Å². The fraction of sp³-hybridized carbons (Fsp3) is 0.467. The Balaban J connectivity index is 1.80. The average molecular weight is 327 g/mol. The Morgan fingerprint density at radius 3 is 2.00 bits per heavy atom. The molecule has 0 aliphatic carbocycles. The van der Waals surface area contributed by atoms with Crippen LogP contribution >= 0.6 is 23.2 Å². The van der Waals surface area contributed by atoms with Crippen molar-refractivity contribution in [3.63, 3.8) is 0 Å². The van der Waals surface area contributed by atoms with Crippen LogP contribution in [-0.4, -0.2) is 41.4 Å². The molecule has 0 atom stereocenters. The molecule has 0 unspecified atom stereocenters. The molecule has 1 aromatic carbocycles. The number of imide groups is 1. The van der Waals surface area contributed by atoms with Crippen LogP contribution in [0.5, 0.6) is 0 Å². The number of carbonyl (C=O) groups excluding carboxylic acids is 2. The van der Waals surface area contributed by atoms with Gasteiger partial charge in [0.15, 0.2) is 0 Å². The van der Waals surface area contributed by atoms with Crippen LogP contribution in [-0.2, 0) is 0 Å². The van der Waals surface area contributed by atoms with Gasteiger partial charge in [0.05, 0.1) is 27.8 Å². The normalized spacial score (nSPS) is 20.2. The van der Waals surface area contributed by atoms with Gasteiger partial charge in [-0.15, -0.1) is 0 Å². The number of piperidine rings is 1. The summed E-state index contributed by atoms with van der Waals surface area (Å²) in [6, 6.07) is 2.97. The van der Waals surface area contributed by atoms with E-state index in [9.17, 15) is 9.59 Å². The minimum atomic E-state index is -0.285. The summed E-state index contributed by atoms with van der Waals surface area (Å²) < 4.78 is 0. The van der Waals surface area contributed by atoms with E-state index in [0.29, 0.717) is 33.8 Å². The third-order valence-electron chi connectivity index (χ3n) is 4.23. The fourth-order valence-electron chi connectivity index (χ4n) is 2.82. The molecule has 1 aromatic rings. The van der Waals surface area contributed by atoms with Gasteiger partial charge < -0.3 is 0 Å². The number of rotatable bonds is 2. The van der Waals surface area contributed by atoms with Gasteiger partial charge in [0.1, 0.15) is 0 Å². The summed E-state index contributed by atoms with van der Waals surface area (Å²) in [5, 5.41) is 0.593. The molecule has 0 radical (unpaired) electrons. The van der Waals surface area contributed by atoms with Crippen LogP contribution in [0.3, 0.4) is 0 Å². The Kier molecular flexibility index (Phi) is 3.95. The van der Waals surface area contributed by atoms with Crippen molar-refractivity contribution in [2.24, 2.45) is 5.92 Å². The van der Waals surface area contributed by atoms with Crippen molar-refractivity contribution in [2.45, 2.75) is 19.8 Å². The van der Waals surface area contributed by atoms with Crippen LogP contribution in [0, 0.1) is 5.92 Å². The SMILES string of the molecule is CC1CCN(CN2C(=O)c3cc(Cl)c(Cl)cc3C2=O)CC1. The van der Waals surface area contributed by atoms with Gasteiger partial charge in [-0.3, -0.25) is 19.4 Å². The second kappa shape index (κ2) is 5.59. The number of amides is 2. The quantitative estimate of drug-likeness (QED) is 0.783. The van der Waals surface area contributed by atoms with Crippen molar-refractivity contribution >= 4 is 35.0 Å². The smallest absolute Gasteiger partial charge is 0.262 e. The minimum absolute atomic E-state index is 0.285. The highest BCUT2D eigenvalue weighted by molar-refractivity contribution is 6.43. The molecule has 1 saturated heterocycles. The number of benzene rings is 1. The van der Waals surface area contributed by atoms with Crippen LogP contribution in [0.2, 0.25) is 10.0 Å². The third kappa shape index (κ3) is 2.68. The first kappa shape index (κ1) is 14.8. The molecular weight excluding hydrogens is 311 g/mol. The second-order valence-electron chi connectivity index (χ2n) is 5.79. The maximum absolute atomic E-state index is 12.4. The van der Waals surface area contributed by atoms with Crippen molar-refractivity contribution in [1.82, 2.24) is 9.80 Å². The predicted octanol–water partition coefficient (Wildman–Crippen LogP) is 3.28. The summed E-state index contributed by atoms with van der Waals surface area (Å²) in [5.41, 5.74) is 0.694. The topological polar surface area (TPSA) is 40.6 Å². The molecule has 0 spiro atoms. The molecule has 2 heterocycles. The number of halogens is 2. The van der Waals surface area contributed by atoms with E-state index in [1.807, 2.05) is 0 Å². The van der Waals surface area contributed by atoms with E-state index in [4.69, 9.17) is 23.2 Å². The molecule has 2 aliphatic rings. The lowest BCUT2D eigenvalue weighted by molar-refractivity contribution is 0.0500. The lowest BCUT2D eigenvalue weighted by Crippen LogP contribution is -2.44. The van der Waals surface area contributed by atoms with Crippen LogP contribution in [0.15, 0.2) is 12.1 Å². The first-order valence-corrected chi connectivity index (χ1v) is 7.80. The summed E-state index contributed by atoms with van der Waals surface area (Å²) >= 11 is 11.9. The summed E-state index contributed by atoms with van der Waals surface area (Å²) in [4.78, 5) is 28.2. The first-order valence-electron chi connectivity index (χ1n) is 7.05. The molecule has 0 aromatic heterocycles. The van der Waals surface area contributed by atoms with Crippen LogP contribution in [0.25, 0.3) is 0 Å². The van der Waals surface area contributed by atoms with Crippen LogP contribution in [0.4, 0.5) is 0 Å². The first-order chi connectivity index (χ1) is 9.97. The van der Waals surface area contributed by atoms with E-state index in [2.05, 4.69) is 11.8 Å². The van der Waals surface area contributed by atoms with E-state index >= 15 is 0 Å². The molecule has 0 N–H and O–H groups in total. The Morgan fingerprint density at radius 1 is 1.05 bits per heavy atom. The van der Waals surface area contributed by atoms with Crippen molar-refractivity contribution < 1.29 is 9.59 Å². The highest BCUT2D eigenvalue weighted by atomic mass is 35.5. The van der Waals surface area contributed by atoms with Gasteiger partial charge in [0.2, 0.25) is 0 Å². The van der Waals surface area contributed by atoms with E-state index in [1.54, 1.807) is 0 Å². The molecule has 2 amide bonds. The van der Waals surface area contributed by atoms with Gasteiger partial charge in [-0.1, -0.05) is 30.1 Å². The molecule has 3 rings (SSSR count). The Bertz CT molecular complexity index is 569. The standard InChI is InChI=1S/C15H16Cl2N2O2/c1-9-2-4-18(5-3-9)8-19-14(20)10-6-12(16)13(17)7-11(10)15(19)21/h6-7,9H,2-5,8H2,1H3. The Morgan fingerprint density at radius 2 is 1.52 bits per heavy atom. The third-order valence-corrected chi connectivity index (χ3v) is 4.95. The highest BCUT2D eigenvalue weighted by Gasteiger charge is 2.37. The zero-order valence-electron chi connectivity index (χ0n) is 11.7. The number of hydrogen-bond acceptors (Lipinski definition) is 3. The Hall–Kier alpha value is -1.10. The molecule has 4 nitrogen and oxygen atoms in total. The average Bonchev–Trinajstić information content (AvgIpc) is 2.67. The number of nitrogens with zero attached hydrogens (tertiary/aromatic N) is 2. The predicted molar refractivity (Wildman–Crippen MR) is 81.8 cm³/mol. The molecule has 21 heavy (non-hydrogen) atoms. The number of fused-ring (bicyclic) bond motifs is 1. The minimum Gasteiger partial charge on any atom is -0.286 e. The zero-order chi connectivity index (χ0) is 15.1. The summed E-state index contributed by atoms with van der Waals surface area (Å²) in [6.45, 7) is 4.39. The zero-order valence-corrected chi connectivity index (χ0v) is 13.2. The van der Waals surface area contributed by atoms with Gasteiger partial charge in [0, 0.05) is 13.1 Å². The van der Waals surface area contributed by atoms with Gasteiger partial charge in [0.25, 0.3) is 11.8 Å². The molecule has 6 heteroatoms. The van der Waals surface area contributed by atoms with E-state index < -0.39 is 0 Å². The number of carbonyl (C=O) groups is 2. The Labute approximate surface area is 133 Å². The van der Waals surface area contributed by atoms with E-state index in [0.717, 1.165) is 25.9 Å². The van der Waals surface area contributed by atoms with Crippen molar-refractivity contribution in [3.8, 4) is 0 Å². The largest absolute Gasteiger partial charge is 0.286 e. The van der Waals surface area contributed by atoms with Crippen LogP contribution in [0.1, 0.15) is 40.5 Å². The fourth-order valence-corrected chi connectivity index (χ4v) is 3.14. The summed E-state index contributed by atoms with van der Waals surface area (Å²) in [6.07, 6.45) is 2.20. The summed E-state index contributed by atoms with van der Waals surface area (Å²) in [7, 11) is 0. The van der Waals surface area contributed by atoms with E-state index in [1.165, 1.54) is 17.0 Å². The molecule has 1 fully saturated rings. The maximum atomic E-state index is 12.4. The molecule has 0 bridgehead atoms. The molecular formula is C15H16Cl2N2O2. The van der Waals surface area contributed by atoms with Gasteiger partial charge in [-0.25, -0.2) is 0 Å². The summed E-state index contributed by atoms with van der Waals surface area (Å²) in [5.74, 6) is 0.139. The highest BCUT2D eigenvalue weighted by Crippen LogP contribution is 2.31. The van der Waals surface area contributed by atoms with Crippen LogP contribution < -0.4 is 0 Å². The van der Waals surface area contributed by atoms with Crippen molar-refractivity contribution in [3.05, 3.63) is 33.3 Å².